The van der Waals surface area contributed by atoms with Crippen LogP contribution < -0.4 is 5.32 Å². The lowest BCUT2D eigenvalue weighted by Gasteiger charge is -2.14. The van der Waals surface area contributed by atoms with E-state index in [9.17, 15) is 14.7 Å². The first-order chi connectivity index (χ1) is 13.6. The normalized spacial score (nSPS) is 12.1. The highest BCUT2D eigenvalue weighted by Gasteiger charge is 2.27. The topological polar surface area (TPSA) is 97.1 Å². The number of aromatic carboxylic acids is 1. The van der Waals surface area contributed by atoms with Crippen molar-refractivity contribution in [3.8, 4) is 11.3 Å². The number of carbonyl (C=O) groups excluding carboxylic acids is 1. The zero-order valence-corrected chi connectivity index (χ0v) is 15.3. The zero-order valence-electron chi connectivity index (χ0n) is 15.3. The minimum Gasteiger partial charge on any atom is -0.477 e. The first-order valence-corrected chi connectivity index (χ1v) is 9.24. The van der Waals surface area contributed by atoms with Crippen molar-refractivity contribution in [3.05, 3.63) is 71.2 Å². The van der Waals surface area contributed by atoms with E-state index in [1.165, 1.54) is 0 Å². The summed E-state index contributed by atoms with van der Waals surface area (Å²) in [5.74, 6) is -1.11. The van der Waals surface area contributed by atoms with Gasteiger partial charge in [0.1, 0.15) is 5.69 Å². The van der Waals surface area contributed by atoms with Gasteiger partial charge in [-0.2, -0.15) is 5.10 Å². The SMILES string of the molecule is O=C(NCCCn1nc2c(c1C(=O)O)CCc1cnccc1-2)c1ccccc1. The van der Waals surface area contributed by atoms with Crippen molar-refractivity contribution < 1.29 is 14.7 Å². The fourth-order valence-corrected chi connectivity index (χ4v) is 3.59. The monoisotopic (exact) mass is 376 g/mol. The van der Waals surface area contributed by atoms with Crippen LogP contribution in [0.25, 0.3) is 11.3 Å². The van der Waals surface area contributed by atoms with Gasteiger partial charge in [0.25, 0.3) is 5.91 Å². The highest BCUT2D eigenvalue weighted by atomic mass is 16.4. The molecule has 2 aromatic heterocycles. The molecule has 0 saturated heterocycles. The lowest BCUT2D eigenvalue weighted by Crippen LogP contribution is -2.25. The van der Waals surface area contributed by atoms with Crippen molar-refractivity contribution in [3.63, 3.8) is 0 Å². The number of hydrogen-bond donors (Lipinski definition) is 2. The predicted molar refractivity (Wildman–Crippen MR) is 103 cm³/mol. The molecule has 1 amide bonds. The number of benzene rings is 1. The van der Waals surface area contributed by atoms with Gasteiger partial charge >= 0.3 is 5.97 Å². The van der Waals surface area contributed by atoms with Crippen molar-refractivity contribution >= 4 is 11.9 Å². The molecule has 1 aromatic carbocycles. The quantitative estimate of drug-likeness (QED) is 0.645. The Bertz CT molecular complexity index is 1030. The van der Waals surface area contributed by atoms with Crippen LogP contribution in [0.2, 0.25) is 0 Å². The molecular formula is C21H20N4O3. The summed E-state index contributed by atoms with van der Waals surface area (Å²) >= 11 is 0. The third kappa shape index (κ3) is 3.38. The number of carboxylic acids is 1. The number of nitrogens with one attached hydrogen (secondary N) is 1. The lowest BCUT2D eigenvalue weighted by molar-refractivity contribution is 0.0681. The maximum absolute atomic E-state index is 12.1. The summed E-state index contributed by atoms with van der Waals surface area (Å²) < 4.78 is 1.55. The summed E-state index contributed by atoms with van der Waals surface area (Å²) in [6.45, 7) is 0.863. The minimum absolute atomic E-state index is 0.139. The molecule has 7 heteroatoms. The number of pyridine rings is 1. The molecule has 1 aliphatic rings. The predicted octanol–water partition coefficient (Wildman–Crippen LogP) is 2.56. The molecule has 0 radical (unpaired) electrons. The molecule has 2 heterocycles. The molecule has 0 saturated carbocycles. The number of fused-ring (bicyclic) bond motifs is 3. The third-order valence-corrected chi connectivity index (χ3v) is 4.92. The molecule has 0 unspecified atom stereocenters. The van der Waals surface area contributed by atoms with Gasteiger partial charge in [-0.25, -0.2) is 4.79 Å². The van der Waals surface area contributed by atoms with Crippen LogP contribution in [0.3, 0.4) is 0 Å². The fraction of sp³-hybridized carbons (Fsp3) is 0.238. The molecular weight excluding hydrogens is 356 g/mol. The summed E-state index contributed by atoms with van der Waals surface area (Å²) in [6, 6.07) is 10.9. The van der Waals surface area contributed by atoms with Crippen LogP contribution in [0.15, 0.2) is 48.8 Å². The minimum atomic E-state index is -0.973. The summed E-state index contributed by atoms with van der Waals surface area (Å²) in [6.07, 6.45) is 5.50. The molecule has 7 nitrogen and oxygen atoms in total. The highest BCUT2D eigenvalue weighted by molar-refractivity contribution is 5.94. The summed E-state index contributed by atoms with van der Waals surface area (Å²) in [4.78, 5) is 28.1. The van der Waals surface area contributed by atoms with E-state index in [4.69, 9.17) is 0 Å². The Kier molecular flexibility index (Phi) is 4.89. The van der Waals surface area contributed by atoms with Gasteiger partial charge in [-0.05, 0) is 43.0 Å². The van der Waals surface area contributed by atoms with Gasteiger partial charge < -0.3 is 10.4 Å². The first kappa shape index (κ1) is 17.9. The molecule has 0 spiro atoms. The van der Waals surface area contributed by atoms with E-state index in [1.54, 1.807) is 23.0 Å². The van der Waals surface area contributed by atoms with Crippen LogP contribution in [0.4, 0.5) is 0 Å². The molecule has 3 aromatic rings. The fourth-order valence-electron chi connectivity index (χ4n) is 3.59. The second-order valence-electron chi connectivity index (χ2n) is 6.71. The van der Waals surface area contributed by atoms with Crippen LogP contribution in [0, 0.1) is 0 Å². The number of aromatic nitrogens is 3. The van der Waals surface area contributed by atoms with Crippen molar-refractivity contribution in [2.24, 2.45) is 0 Å². The Morgan fingerprint density at radius 3 is 2.75 bits per heavy atom. The Hall–Kier alpha value is -3.48. The van der Waals surface area contributed by atoms with Gasteiger partial charge in [0.15, 0.2) is 0 Å². The molecule has 0 aliphatic heterocycles. The number of amides is 1. The second kappa shape index (κ2) is 7.64. The Morgan fingerprint density at radius 2 is 1.96 bits per heavy atom. The average molecular weight is 376 g/mol. The van der Waals surface area contributed by atoms with E-state index in [0.717, 1.165) is 28.8 Å². The van der Waals surface area contributed by atoms with Gasteiger partial charge in [-0.3, -0.25) is 14.5 Å². The molecule has 1 aliphatic carbocycles. The largest absolute Gasteiger partial charge is 0.477 e. The van der Waals surface area contributed by atoms with Crippen LogP contribution in [0.5, 0.6) is 0 Å². The summed E-state index contributed by atoms with van der Waals surface area (Å²) in [5, 5.41) is 17.2. The van der Waals surface area contributed by atoms with Gasteiger partial charge in [0.2, 0.25) is 0 Å². The Balaban J connectivity index is 1.48. The van der Waals surface area contributed by atoms with E-state index in [-0.39, 0.29) is 11.6 Å². The molecule has 0 fully saturated rings. The number of carbonyl (C=O) groups is 2. The summed E-state index contributed by atoms with van der Waals surface area (Å²) in [5.41, 5.74) is 4.40. The van der Waals surface area contributed by atoms with E-state index >= 15 is 0 Å². The number of aryl methyl sites for hydroxylation is 2. The molecule has 0 atom stereocenters. The number of carboxylic acid groups (broad SMARTS) is 1. The van der Waals surface area contributed by atoms with Gasteiger partial charge in [-0.1, -0.05) is 18.2 Å². The average Bonchev–Trinajstić information content (AvgIpc) is 3.11. The van der Waals surface area contributed by atoms with E-state index in [2.05, 4.69) is 15.4 Å². The van der Waals surface area contributed by atoms with Gasteiger partial charge in [0.05, 0.1) is 5.69 Å². The van der Waals surface area contributed by atoms with Crippen molar-refractivity contribution in [1.29, 1.82) is 0 Å². The lowest BCUT2D eigenvalue weighted by atomic mass is 9.90. The molecule has 2 N–H and O–H groups in total. The molecule has 142 valence electrons. The van der Waals surface area contributed by atoms with E-state index in [1.807, 2.05) is 30.5 Å². The van der Waals surface area contributed by atoms with Crippen molar-refractivity contribution in [2.45, 2.75) is 25.8 Å². The summed E-state index contributed by atoms with van der Waals surface area (Å²) in [7, 11) is 0. The van der Waals surface area contributed by atoms with E-state index in [0.29, 0.717) is 31.5 Å². The Labute approximate surface area is 162 Å². The van der Waals surface area contributed by atoms with Crippen molar-refractivity contribution in [1.82, 2.24) is 20.1 Å². The molecule has 0 bridgehead atoms. The number of rotatable bonds is 6. The first-order valence-electron chi connectivity index (χ1n) is 9.24. The zero-order chi connectivity index (χ0) is 19.5. The number of nitrogens with zero attached hydrogens (tertiary/aromatic N) is 3. The van der Waals surface area contributed by atoms with Gasteiger partial charge in [-0.15, -0.1) is 0 Å². The standard InChI is InChI=1S/C21H20N4O3/c26-20(14-5-2-1-3-6-14)23-10-4-12-25-19(21(27)28)17-8-7-15-13-22-11-9-16(15)18(17)24-25/h1-3,5-6,9,11,13H,4,7-8,10,12H2,(H,23,26)(H,27,28). The Morgan fingerprint density at radius 1 is 1.14 bits per heavy atom. The smallest absolute Gasteiger partial charge is 0.354 e. The van der Waals surface area contributed by atoms with Gasteiger partial charge in [0, 0.05) is 42.2 Å². The van der Waals surface area contributed by atoms with Crippen LogP contribution in [0.1, 0.15) is 38.4 Å². The second-order valence-corrected chi connectivity index (χ2v) is 6.71. The number of hydrogen-bond acceptors (Lipinski definition) is 4. The maximum Gasteiger partial charge on any atom is 0.354 e. The van der Waals surface area contributed by atoms with Crippen molar-refractivity contribution in [2.75, 3.05) is 6.54 Å². The molecule has 4 rings (SSSR count). The van der Waals surface area contributed by atoms with Crippen LogP contribution in [-0.4, -0.2) is 38.3 Å². The van der Waals surface area contributed by atoms with Crippen LogP contribution in [-0.2, 0) is 19.4 Å². The van der Waals surface area contributed by atoms with Crippen LogP contribution >= 0.6 is 0 Å². The molecule has 28 heavy (non-hydrogen) atoms. The van der Waals surface area contributed by atoms with E-state index < -0.39 is 5.97 Å². The third-order valence-electron chi connectivity index (χ3n) is 4.92. The highest BCUT2D eigenvalue weighted by Crippen LogP contribution is 2.34. The maximum atomic E-state index is 12.1.